The average Bonchev–Trinajstić information content (AvgIpc) is 2.88. The maximum atomic E-state index is 11.5. The van der Waals surface area contributed by atoms with E-state index >= 15 is 0 Å². The summed E-state index contributed by atoms with van der Waals surface area (Å²) in [5.74, 6) is 0.289. The van der Waals surface area contributed by atoms with Crippen molar-refractivity contribution < 1.29 is 14.6 Å². The van der Waals surface area contributed by atoms with Crippen molar-refractivity contribution >= 4 is 5.97 Å². The van der Waals surface area contributed by atoms with Gasteiger partial charge in [-0.3, -0.25) is 4.79 Å². The van der Waals surface area contributed by atoms with Gasteiger partial charge < -0.3 is 9.84 Å². The zero-order valence-electron chi connectivity index (χ0n) is 9.53. The molecule has 0 amide bonds. The van der Waals surface area contributed by atoms with Crippen molar-refractivity contribution in [3.8, 4) is 0 Å². The molecule has 0 radical (unpaired) electrons. The average molecular weight is 212 g/mol. The Morgan fingerprint density at radius 3 is 2.67 bits per heavy atom. The van der Waals surface area contributed by atoms with Crippen LogP contribution in [-0.2, 0) is 9.53 Å². The Labute approximate surface area is 90.8 Å². The number of carbonyl (C=O) groups is 1. The summed E-state index contributed by atoms with van der Waals surface area (Å²) in [7, 11) is 0. The van der Waals surface area contributed by atoms with Gasteiger partial charge in [-0.25, -0.2) is 0 Å². The first kappa shape index (κ1) is 10.9. The monoisotopic (exact) mass is 212 g/mol. The van der Waals surface area contributed by atoms with E-state index in [2.05, 4.69) is 13.8 Å². The number of hydrogen-bond donors (Lipinski definition) is 1. The molecule has 0 aromatic heterocycles. The van der Waals surface area contributed by atoms with E-state index in [1.807, 2.05) is 0 Å². The van der Waals surface area contributed by atoms with Gasteiger partial charge in [0.1, 0.15) is 0 Å². The predicted molar refractivity (Wildman–Crippen MR) is 56.6 cm³/mol. The van der Waals surface area contributed by atoms with Crippen molar-refractivity contribution in [1.29, 1.82) is 0 Å². The molecule has 1 N–H and O–H groups in total. The zero-order chi connectivity index (χ0) is 11.1. The van der Waals surface area contributed by atoms with E-state index in [9.17, 15) is 9.90 Å². The first-order chi connectivity index (χ1) is 7.06. The van der Waals surface area contributed by atoms with E-state index < -0.39 is 11.4 Å². The van der Waals surface area contributed by atoms with Gasteiger partial charge in [-0.15, -0.1) is 0 Å². The highest BCUT2D eigenvalue weighted by Gasteiger charge is 2.55. The summed E-state index contributed by atoms with van der Waals surface area (Å²) in [6.45, 7) is 4.81. The van der Waals surface area contributed by atoms with Crippen molar-refractivity contribution in [2.75, 3.05) is 6.61 Å². The smallest absolute Gasteiger partial charge is 0.312 e. The summed E-state index contributed by atoms with van der Waals surface area (Å²) in [4.78, 5) is 11.5. The van der Waals surface area contributed by atoms with E-state index in [-0.39, 0.29) is 6.10 Å². The van der Waals surface area contributed by atoms with Crippen LogP contribution in [0.2, 0.25) is 0 Å². The Bertz CT molecular complexity index is 258. The highest BCUT2D eigenvalue weighted by atomic mass is 16.5. The molecule has 3 heteroatoms. The third-order valence-corrected chi connectivity index (χ3v) is 3.64. The normalized spacial score (nSPS) is 36.1. The highest BCUT2D eigenvalue weighted by molar-refractivity contribution is 5.76. The lowest BCUT2D eigenvalue weighted by Crippen LogP contribution is -2.41. The van der Waals surface area contributed by atoms with Crippen LogP contribution in [0.4, 0.5) is 0 Å². The number of hydrogen-bond acceptors (Lipinski definition) is 2. The summed E-state index contributed by atoms with van der Waals surface area (Å²) in [6.07, 6.45) is 3.73. The van der Waals surface area contributed by atoms with Gasteiger partial charge in [-0.2, -0.15) is 0 Å². The highest BCUT2D eigenvalue weighted by Crippen LogP contribution is 2.50. The SMILES string of the molecule is CC(C)CC1(C(=O)O)CCOC1C1CC1. The Balaban J connectivity index is 2.19. The molecule has 3 nitrogen and oxygen atoms in total. The van der Waals surface area contributed by atoms with Crippen LogP contribution in [0.3, 0.4) is 0 Å². The Kier molecular flexibility index (Phi) is 2.75. The fourth-order valence-electron chi connectivity index (χ4n) is 2.92. The van der Waals surface area contributed by atoms with Gasteiger partial charge in [-0.05, 0) is 37.5 Å². The Morgan fingerprint density at radius 1 is 1.53 bits per heavy atom. The molecule has 2 aliphatic rings. The second-order valence-corrected chi connectivity index (χ2v) is 5.44. The predicted octanol–water partition coefficient (Wildman–Crippen LogP) is 2.30. The van der Waals surface area contributed by atoms with E-state index in [0.717, 1.165) is 19.3 Å². The van der Waals surface area contributed by atoms with E-state index in [0.29, 0.717) is 24.9 Å². The van der Waals surface area contributed by atoms with Gasteiger partial charge in [-0.1, -0.05) is 13.8 Å². The fourth-order valence-corrected chi connectivity index (χ4v) is 2.92. The summed E-state index contributed by atoms with van der Waals surface area (Å²) >= 11 is 0. The van der Waals surface area contributed by atoms with Crippen molar-refractivity contribution in [3.05, 3.63) is 0 Å². The van der Waals surface area contributed by atoms with Crippen molar-refractivity contribution in [2.24, 2.45) is 17.3 Å². The lowest BCUT2D eigenvalue weighted by Gasteiger charge is -2.31. The van der Waals surface area contributed by atoms with Gasteiger partial charge in [0.15, 0.2) is 0 Å². The maximum Gasteiger partial charge on any atom is 0.312 e. The van der Waals surface area contributed by atoms with Crippen LogP contribution < -0.4 is 0 Å². The third kappa shape index (κ3) is 1.89. The van der Waals surface area contributed by atoms with Gasteiger partial charge in [0.25, 0.3) is 0 Å². The molecular weight excluding hydrogens is 192 g/mol. The van der Waals surface area contributed by atoms with Crippen LogP contribution in [0.5, 0.6) is 0 Å². The molecule has 2 fully saturated rings. The molecule has 1 heterocycles. The molecule has 0 bridgehead atoms. The van der Waals surface area contributed by atoms with E-state index in [4.69, 9.17) is 4.74 Å². The molecule has 0 spiro atoms. The minimum absolute atomic E-state index is 0.0163. The van der Waals surface area contributed by atoms with Crippen LogP contribution in [0.15, 0.2) is 0 Å². The number of carboxylic acids is 1. The number of rotatable bonds is 4. The first-order valence-electron chi connectivity index (χ1n) is 5.91. The molecular formula is C12H20O3. The van der Waals surface area contributed by atoms with Gasteiger partial charge in [0, 0.05) is 6.61 Å². The molecule has 0 aromatic carbocycles. The van der Waals surface area contributed by atoms with Crippen molar-refractivity contribution in [3.63, 3.8) is 0 Å². The van der Waals surface area contributed by atoms with Gasteiger partial charge >= 0.3 is 5.97 Å². The van der Waals surface area contributed by atoms with Crippen molar-refractivity contribution in [2.45, 2.75) is 45.6 Å². The summed E-state index contributed by atoms with van der Waals surface area (Å²) in [5, 5.41) is 9.48. The third-order valence-electron chi connectivity index (χ3n) is 3.64. The maximum absolute atomic E-state index is 11.5. The summed E-state index contributed by atoms with van der Waals surface area (Å²) in [5.41, 5.74) is -0.588. The molecule has 1 saturated heterocycles. The molecule has 1 aliphatic heterocycles. The first-order valence-corrected chi connectivity index (χ1v) is 5.91. The zero-order valence-corrected chi connectivity index (χ0v) is 9.53. The van der Waals surface area contributed by atoms with E-state index in [1.165, 1.54) is 0 Å². The molecule has 0 aromatic rings. The number of ether oxygens (including phenoxy) is 1. The lowest BCUT2D eigenvalue weighted by atomic mass is 9.73. The minimum atomic E-state index is -0.648. The standard InChI is InChI=1S/C12H20O3/c1-8(2)7-12(11(13)14)5-6-15-10(12)9-3-4-9/h8-10H,3-7H2,1-2H3,(H,13,14). The van der Waals surface area contributed by atoms with Crippen LogP contribution in [0.25, 0.3) is 0 Å². The summed E-state index contributed by atoms with van der Waals surface area (Å²) in [6, 6.07) is 0. The lowest BCUT2D eigenvalue weighted by molar-refractivity contribution is -0.154. The molecule has 2 unspecified atom stereocenters. The molecule has 15 heavy (non-hydrogen) atoms. The number of carboxylic acid groups (broad SMARTS) is 1. The topological polar surface area (TPSA) is 46.5 Å². The fraction of sp³-hybridized carbons (Fsp3) is 0.917. The van der Waals surface area contributed by atoms with Gasteiger partial charge in [0.2, 0.25) is 0 Å². The van der Waals surface area contributed by atoms with Gasteiger partial charge in [0.05, 0.1) is 11.5 Å². The van der Waals surface area contributed by atoms with Crippen molar-refractivity contribution in [1.82, 2.24) is 0 Å². The largest absolute Gasteiger partial charge is 0.481 e. The molecule has 2 rings (SSSR count). The number of aliphatic carboxylic acids is 1. The van der Waals surface area contributed by atoms with E-state index in [1.54, 1.807) is 0 Å². The molecule has 86 valence electrons. The Hall–Kier alpha value is -0.570. The second-order valence-electron chi connectivity index (χ2n) is 5.44. The Morgan fingerprint density at radius 2 is 2.20 bits per heavy atom. The molecule has 1 aliphatic carbocycles. The summed E-state index contributed by atoms with van der Waals surface area (Å²) < 4.78 is 5.67. The van der Waals surface area contributed by atoms with Crippen LogP contribution in [0.1, 0.15) is 39.5 Å². The molecule has 1 saturated carbocycles. The van der Waals surface area contributed by atoms with Crippen LogP contribution in [0, 0.1) is 17.3 Å². The molecule has 2 atom stereocenters. The quantitative estimate of drug-likeness (QED) is 0.777. The minimum Gasteiger partial charge on any atom is -0.481 e. The van der Waals surface area contributed by atoms with Crippen LogP contribution in [-0.4, -0.2) is 23.8 Å². The second kappa shape index (κ2) is 3.78. The van der Waals surface area contributed by atoms with Crippen LogP contribution >= 0.6 is 0 Å².